The van der Waals surface area contributed by atoms with Crippen molar-refractivity contribution in [2.75, 3.05) is 22.9 Å². The molecule has 2 heterocycles. The quantitative estimate of drug-likeness (QED) is 0.162. The lowest BCUT2D eigenvalue weighted by atomic mass is 10.1. The summed E-state index contributed by atoms with van der Waals surface area (Å²) in [5.74, 6) is 0.405. The van der Waals surface area contributed by atoms with E-state index in [0.717, 1.165) is 29.4 Å². The summed E-state index contributed by atoms with van der Waals surface area (Å²) in [4.78, 5) is 25.7. The number of unbranched alkanes of at least 4 members (excludes halogenated alkanes) is 1. The number of halogens is 2. The van der Waals surface area contributed by atoms with Gasteiger partial charge < -0.3 is 20.9 Å². The largest absolute Gasteiger partial charge is 0.397 e. The molecule has 0 saturated carbocycles. The molecule has 0 aliphatic rings. The SMILES string of the molecule is CCCCNc1nc(Cl)nc2c1ncn2Cc1ccc(C(=O)Nc2ccc(Br)cc2N)cc1. The van der Waals surface area contributed by atoms with E-state index in [9.17, 15) is 4.79 Å². The maximum Gasteiger partial charge on any atom is 0.255 e. The Labute approximate surface area is 204 Å². The van der Waals surface area contributed by atoms with Crippen LogP contribution in [-0.4, -0.2) is 32.0 Å². The number of hydrogen-bond donors (Lipinski definition) is 3. The van der Waals surface area contributed by atoms with Gasteiger partial charge in [-0.25, -0.2) is 4.98 Å². The minimum atomic E-state index is -0.231. The summed E-state index contributed by atoms with van der Waals surface area (Å²) in [6.45, 7) is 3.45. The topological polar surface area (TPSA) is 111 Å². The zero-order chi connectivity index (χ0) is 23.4. The Morgan fingerprint density at radius 3 is 2.70 bits per heavy atom. The second kappa shape index (κ2) is 10.2. The zero-order valence-corrected chi connectivity index (χ0v) is 20.3. The van der Waals surface area contributed by atoms with Crippen molar-refractivity contribution >= 4 is 61.8 Å². The van der Waals surface area contributed by atoms with Gasteiger partial charge >= 0.3 is 0 Å². The third-order valence-corrected chi connectivity index (χ3v) is 5.75. The number of benzene rings is 2. The van der Waals surface area contributed by atoms with Crippen molar-refractivity contribution in [1.29, 1.82) is 0 Å². The number of imidazole rings is 1. The molecular formula is C23H23BrClN7O. The van der Waals surface area contributed by atoms with Gasteiger partial charge in [0.1, 0.15) is 0 Å². The van der Waals surface area contributed by atoms with Crippen molar-refractivity contribution in [3.63, 3.8) is 0 Å². The number of carbonyl (C=O) groups excluding carboxylic acids is 1. The van der Waals surface area contributed by atoms with Gasteiger partial charge in [0.15, 0.2) is 17.0 Å². The molecule has 2 aromatic carbocycles. The Hall–Kier alpha value is -3.17. The average molecular weight is 529 g/mol. The molecule has 4 N–H and O–H groups in total. The van der Waals surface area contributed by atoms with Crippen LogP contribution in [0.25, 0.3) is 11.2 Å². The minimum Gasteiger partial charge on any atom is -0.397 e. The van der Waals surface area contributed by atoms with Gasteiger partial charge in [-0.05, 0) is 53.9 Å². The zero-order valence-electron chi connectivity index (χ0n) is 18.0. The molecule has 10 heteroatoms. The van der Waals surface area contributed by atoms with Crippen LogP contribution in [0.5, 0.6) is 0 Å². The highest BCUT2D eigenvalue weighted by atomic mass is 79.9. The number of nitrogens with two attached hydrogens (primary N) is 1. The van der Waals surface area contributed by atoms with Crippen LogP contribution in [0.3, 0.4) is 0 Å². The van der Waals surface area contributed by atoms with Crippen molar-refractivity contribution in [2.45, 2.75) is 26.3 Å². The number of fused-ring (bicyclic) bond motifs is 1. The third kappa shape index (κ3) is 5.43. The van der Waals surface area contributed by atoms with Gasteiger partial charge in [-0.2, -0.15) is 9.97 Å². The number of amides is 1. The molecule has 0 bridgehead atoms. The van der Waals surface area contributed by atoms with Crippen LogP contribution in [0.1, 0.15) is 35.7 Å². The van der Waals surface area contributed by atoms with E-state index in [0.29, 0.717) is 40.5 Å². The number of nitrogens with one attached hydrogen (secondary N) is 2. The van der Waals surface area contributed by atoms with Crippen LogP contribution in [0, 0.1) is 0 Å². The predicted molar refractivity (Wildman–Crippen MR) is 136 cm³/mol. The third-order valence-electron chi connectivity index (χ3n) is 5.09. The number of aromatic nitrogens is 4. The number of carbonyl (C=O) groups is 1. The fourth-order valence-electron chi connectivity index (χ4n) is 3.34. The molecular weight excluding hydrogens is 506 g/mol. The predicted octanol–water partition coefficient (Wildman–Crippen LogP) is 5.34. The lowest BCUT2D eigenvalue weighted by Gasteiger charge is -2.10. The summed E-state index contributed by atoms with van der Waals surface area (Å²) >= 11 is 9.51. The molecule has 0 radical (unpaired) electrons. The highest BCUT2D eigenvalue weighted by molar-refractivity contribution is 9.10. The fourth-order valence-corrected chi connectivity index (χ4v) is 3.88. The van der Waals surface area contributed by atoms with Gasteiger partial charge in [0, 0.05) is 16.6 Å². The van der Waals surface area contributed by atoms with Crippen molar-refractivity contribution in [2.24, 2.45) is 0 Å². The number of rotatable bonds is 8. The molecule has 0 unspecified atom stereocenters. The summed E-state index contributed by atoms with van der Waals surface area (Å²) in [5, 5.41) is 6.29. The summed E-state index contributed by atoms with van der Waals surface area (Å²) < 4.78 is 2.76. The first kappa shape index (κ1) is 23.0. The van der Waals surface area contributed by atoms with Crippen molar-refractivity contribution < 1.29 is 4.79 Å². The Morgan fingerprint density at radius 1 is 1.18 bits per heavy atom. The molecule has 1 amide bonds. The molecule has 0 fully saturated rings. The van der Waals surface area contributed by atoms with E-state index in [2.05, 4.69) is 48.4 Å². The summed E-state index contributed by atoms with van der Waals surface area (Å²) in [5.41, 5.74) is 9.88. The average Bonchev–Trinajstić information content (AvgIpc) is 3.18. The molecule has 2 aromatic heterocycles. The number of anilines is 3. The van der Waals surface area contributed by atoms with E-state index in [1.807, 2.05) is 22.8 Å². The summed E-state index contributed by atoms with van der Waals surface area (Å²) in [6, 6.07) is 12.7. The van der Waals surface area contributed by atoms with Gasteiger partial charge in [0.05, 0.1) is 24.2 Å². The molecule has 0 atom stereocenters. The molecule has 33 heavy (non-hydrogen) atoms. The second-order valence-electron chi connectivity index (χ2n) is 7.55. The smallest absolute Gasteiger partial charge is 0.255 e. The monoisotopic (exact) mass is 527 g/mol. The summed E-state index contributed by atoms with van der Waals surface area (Å²) in [7, 11) is 0. The van der Waals surface area contributed by atoms with E-state index in [1.54, 1.807) is 30.6 Å². The number of nitrogen functional groups attached to an aromatic ring is 1. The van der Waals surface area contributed by atoms with E-state index in [-0.39, 0.29) is 11.2 Å². The molecule has 4 rings (SSSR count). The van der Waals surface area contributed by atoms with E-state index >= 15 is 0 Å². The Kier molecular flexibility index (Phi) is 7.10. The second-order valence-corrected chi connectivity index (χ2v) is 8.80. The van der Waals surface area contributed by atoms with Gasteiger partial charge in [-0.3, -0.25) is 4.79 Å². The normalized spacial score (nSPS) is 11.0. The van der Waals surface area contributed by atoms with Gasteiger partial charge in [0.25, 0.3) is 5.91 Å². The van der Waals surface area contributed by atoms with Crippen LogP contribution in [0.15, 0.2) is 53.3 Å². The van der Waals surface area contributed by atoms with E-state index < -0.39 is 0 Å². The molecule has 170 valence electrons. The Morgan fingerprint density at radius 2 is 1.97 bits per heavy atom. The highest BCUT2D eigenvalue weighted by Crippen LogP contribution is 2.24. The molecule has 0 aliphatic heterocycles. The lowest BCUT2D eigenvalue weighted by Crippen LogP contribution is -2.13. The van der Waals surface area contributed by atoms with Crippen LogP contribution >= 0.6 is 27.5 Å². The highest BCUT2D eigenvalue weighted by Gasteiger charge is 2.13. The fraction of sp³-hybridized carbons (Fsp3) is 0.217. The molecule has 8 nitrogen and oxygen atoms in total. The van der Waals surface area contributed by atoms with Crippen LogP contribution in [0.2, 0.25) is 5.28 Å². The number of hydrogen-bond acceptors (Lipinski definition) is 6. The molecule has 0 spiro atoms. The van der Waals surface area contributed by atoms with Crippen molar-refractivity contribution in [3.05, 3.63) is 69.7 Å². The van der Waals surface area contributed by atoms with Gasteiger partial charge in [0.2, 0.25) is 5.28 Å². The van der Waals surface area contributed by atoms with Crippen molar-refractivity contribution in [3.8, 4) is 0 Å². The molecule has 0 saturated heterocycles. The first-order valence-corrected chi connectivity index (χ1v) is 11.7. The Bertz CT molecular complexity index is 1290. The van der Waals surface area contributed by atoms with Crippen LogP contribution in [0.4, 0.5) is 17.2 Å². The first-order chi connectivity index (χ1) is 15.9. The van der Waals surface area contributed by atoms with E-state index in [1.165, 1.54) is 0 Å². The van der Waals surface area contributed by atoms with Gasteiger partial charge in [-0.1, -0.05) is 41.4 Å². The number of nitrogens with zero attached hydrogens (tertiary/aromatic N) is 4. The summed E-state index contributed by atoms with van der Waals surface area (Å²) in [6.07, 6.45) is 3.82. The maximum absolute atomic E-state index is 12.6. The molecule has 0 aliphatic carbocycles. The minimum absolute atomic E-state index is 0.169. The standard InChI is InChI=1S/C23H23BrClN7O/c1-2-3-10-27-20-19-21(31-23(25)30-20)32(13-28-19)12-14-4-6-15(7-5-14)22(33)29-18-9-8-16(24)11-17(18)26/h4-9,11,13H,2-3,10,12,26H2,1H3,(H,29,33)(H,27,30,31). The van der Waals surface area contributed by atoms with Crippen molar-refractivity contribution in [1.82, 2.24) is 19.5 Å². The van der Waals surface area contributed by atoms with Crippen LogP contribution in [-0.2, 0) is 6.54 Å². The lowest BCUT2D eigenvalue weighted by molar-refractivity contribution is 0.102. The first-order valence-electron chi connectivity index (χ1n) is 10.5. The Balaban J connectivity index is 1.49. The van der Waals surface area contributed by atoms with E-state index in [4.69, 9.17) is 17.3 Å². The molecule has 4 aromatic rings. The maximum atomic E-state index is 12.6. The van der Waals surface area contributed by atoms with Crippen LogP contribution < -0.4 is 16.4 Å². The van der Waals surface area contributed by atoms with Gasteiger partial charge in [-0.15, -0.1) is 0 Å².